The van der Waals surface area contributed by atoms with Crippen LogP contribution in [0.15, 0.2) is 23.0 Å². The molecule has 4 rings (SSSR count). The fraction of sp³-hybridized carbons (Fsp3) is 0.364. The number of thiophene rings is 1. The number of carbonyl (C=O) groups is 2. The fourth-order valence-corrected chi connectivity index (χ4v) is 4.74. The summed E-state index contributed by atoms with van der Waals surface area (Å²) >= 11 is 1.16. The zero-order chi connectivity index (χ0) is 20.9. The van der Waals surface area contributed by atoms with Crippen LogP contribution in [0.25, 0.3) is 10.2 Å². The standard InChI is InChI=1S/C22H22N2O4S/c1-11-7-8-15(10-12(11)2)18(25)14(4)28-22(27)19-13(3)17-20(29-19)23-16-6-5-9-24(16)21(17)26/h7-8,10,14H,5-6,9H2,1-4H3/t14-/m0/s1. The molecule has 0 saturated carbocycles. The number of benzene rings is 1. The van der Waals surface area contributed by atoms with Crippen molar-refractivity contribution in [3.8, 4) is 0 Å². The maximum Gasteiger partial charge on any atom is 0.349 e. The molecular formula is C22H22N2O4S. The number of fused-ring (bicyclic) bond motifs is 2. The van der Waals surface area contributed by atoms with Gasteiger partial charge in [-0.25, -0.2) is 9.78 Å². The van der Waals surface area contributed by atoms with Gasteiger partial charge in [-0.15, -0.1) is 11.3 Å². The third kappa shape index (κ3) is 3.29. The van der Waals surface area contributed by atoms with Crippen LogP contribution in [0.4, 0.5) is 0 Å². The summed E-state index contributed by atoms with van der Waals surface area (Å²) in [5.41, 5.74) is 3.08. The van der Waals surface area contributed by atoms with E-state index in [1.54, 1.807) is 30.5 Å². The van der Waals surface area contributed by atoms with Gasteiger partial charge in [-0.3, -0.25) is 14.2 Å². The van der Waals surface area contributed by atoms with E-state index >= 15 is 0 Å². The van der Waals surface area contributed by atoms with Crippen LogP contribution >= 0.6 is 11.3 Å². The fourth-order valence-electron chi connectivity index (χ4n) is 3.67. The lowest BCUT2D eigenvalue weighted by Crippen LogP contribution is -2.24. The number of hydrogen-bond donors (Lipinski definition) is 0. The molecule has 1 atom stereocenters. The topological polar surface area (TPSA) is 78.3 Å². The number of ketones is 1. The number of Topliss-reactive ketones (excluding diaryl/α,β-unsaturated/α-hetero) is 1. The van der Waals surface area contributed by atoms with Gasteiger partial charge in [0.15, 0.2) is 6.10 Å². The predicted octanol–water partition coefficient (Wildman–Crippen LogP) is 3.76. The second-order valence-corrected chi connectivity index (χ2v) is 8.53. The minimum atomic E-state index is -0.923. The average molecular weight is 410 g/mol. The Bertz CT molecular complexity index is 1220. The van der Waals surface area contributed by atoms with Crippen molar-refractivity contribution in [2.75, 3.05) is 0 Å². The lowest BCUT2D eigenvalue weighted by atomic mass is 10.0. The third-order valence-corrected chi connectivity index (χ3v) is 6.71. The number of carbonyl (C=O) groups excluding carboxylic acids is 2. The van der Waals surface area contributed by atoms with Gasteiger partial charge < -0.3 is 4.74 Å². The van der Waals surface area contributed by atoms with E-state index in [-0.39, 0.29) is 11.3 Å². The summed E-state index contributed by atoms with van der Waals surface area (Å²) < 4.78 is 7.14. The summed E-state index contributed by atoms with van der Waals surface area (Å²) in [6.45, 7) is 7.87. The van der Waals surface area contributed by atoms with Crippen molar-refractivity contribution in [2.45, 2.75) is 53.2 Å². The summed E-state index contributed by atoms with van der Waals surface area (Å²) in [5.74, 6) is -0.0842. The molecule has 0 N–H and O–H groups in total. The Morgan fingerprint density at radius 1 is 1.21 bits per heavy atom. The monoisotopic (exact) mass is 410 g/mol. The molecule has 1 aliphatic rings. The quantitative estimate of drug-likeness (QED) is 0.483. The Morgan fingerprint density at radius 3 is 2.69 bits per heavy atom. The molecule has 0 amide bonds. The highest BCUT2D eigenvalue weighted by atomic mass is 32.1. The van der Waals surface area contributed by atoms with Crippen LogP contribution < -0.4 is 5.56 Å². The van der Waals surface area contributed by atoms with Crippen LogP contribution in [0.1, 0.15) is 55.9 Å². The van der Waals surface area contributed by atoms with Gasteiger partial charge in [-0.05, 0) is 56.9 Å². The van der Waals surface area contributed by atoms with Crippen molar-refractivity contribution < 1.29 is 14.3 Å². The Hall–Kier alpha value is -2.80. The summed E-state index contributed by atoms with van der Waals surface area (Å²) in [4.78, 5) is 43.7. The minimum absolute atomic E-state index is 0.102. The van der Waals surface area contributed by atoms with Gasteiger partial charge in [0.25, 0.3) is 5.56 Å². The smallest absolute Gasteiger partial charge is 0.349 e. The molecule has 0 unspecified atom stereocenters. The van der Waals surface area contributed by atoms with E-state index in [0.29, 0.717) is 32.8 Å². The van der Waals surface area contributed by atoms with Crippen molar-refractivity contribution in [1.82, 2.24) is 9.55 Å². The molecular weight excluding hydrogens is 388 g/mol. The van der Waals surface area contributed by atoms with Gasteiger partial charge in [0, 0.05) is 18.5 Å². The molecule has 0 fully saturated rings. The Balaban J connectivity index is 1.61. The van der Waals surface area contributed by atoms with Gasteiger partial charge in [0.05, 0.1) is 5.39 Å². The van der Waals surface area contributed by atoms with Crippen LogP contribution in [0, 0.1) is 20.8 Å². The van der Waals surface area contributed by atoms with Gasteiger partial charge in [-0.2, -0.15) is 0 Å². The van der Waals surface area contributed by atoms with E-state index < -0.39 is 12.1 Å². The lowest BCUT2D eigenvalue weighted by Gasteiger charge is -2.13. The molecule has 0 saturated heterocycles. The summed E-state index contributed by atoms with van der Waals surface area (Å²) in [6.07, 6.45) is 0.753. The molecule has 6 nitrogen and oxygen atoms in total. The van der Waals surface area contributed by atoms with Crippen molar-refractivity contribution >= 4 is 33.3 Å². The molecule has 0 spiro atoms. The van der Waals surface area contributed by atoms with E-state index in [2.05, 4.69) is 4.98 Å². The number of nitrogens with zero attached hydrogens (tertiary/aromatic N) is 2. The van der Waals surface area contributed by atoms with Crippen LogP contribution in [0.2, 0.25) is 0 Å². The van der Waals surface area contributed by atoms with E-state index in [0.717, 1.165) is 41.1 Å². The SMILES string of the molecule is Cc1ccc(C(=O)[C@H](C)OC(=O)c2sc3nc4n(c(=O)c3c2C)CCC4)cc1C. The lowest BCUT2D eigenvalue weighted by molar-refractivity contribution is 0.0323. The normalized spacial score (nSPS) is 14.1. The van der Waals surface area contributed by atoms with Crippen LogP contribution in [0.5, 0.6) is 0 Å². The molecule has 0 aliphatic carbocycles. The van der Waals surface area contributed by atoms with Gasteiger partial charge in [0.1, 0.15) is 15.5 Å². The zero-order valence-corrected chi connectivity index (χ0v) is 17.7. The maximum absolute atomic E-state index is 12.8. The molecule has 7 heteroatoms. The highest BCUT2D eigenvalue weighted by Gasteiger charge is 2.26. The van der Waals surface area contributed by atoms with Crippen LogP contribution in [-0.4, -0.2) is 27.4 Å². The number of rotatable bonds is 4. The largest absolute Gasteiger partial charge is 0.450 e. The average Bonchev–Trinajstić information content (AvgIpc) is 3.28. The molecule has 2 aromatic heterocycles. The van der Waals surface area contributed by atoms with Crippen LogP contribution in [-0.2, 0) is 17.7 Å². The second kappa shape index (κ2) is 7.22. The predicted molar refractivity (Wildman–Crippen MR) is 112 cm³/mol. The third-order valence-electron chi connectivity index (χ3n) is 5.54. The summed E-state index contributed by atoms with van der Waals surface area (Å²) in [5, 5.41) is 0.473. The Labute approximate surface area is 172 Å². The molecule has 0 bridgehead atoms. The van der Waals surface area contributed by atoms with E-state index in [1.165, 1.54) is 0 Å². The zero-order valence-electron chi connectivity index (χ0n) is 16.9. The number of aromatic nitrogens is 2. The van der Waals surface area contributed by atoms with Gasteiger partial charge in [-0.1, -0.05) is 12.1 Å². The first-order valence-electron chi connectivity index (χ1n) is 9.63. The van der Waals surface area contributed by atoms with Crippen molar-refractivity contribution in [2.24, 2.45) is 0 Å². The number of hydrogen-bond acceptors (Lipinski definition) is 6. The van der Waals surface area contributed by atoms with Crippen molar-refractivity contribution in [3.63, 3.8) is 0 Å². The number of aryl methyl sites for hydroxylation is 4. The minimum Gasteiger partial charge on any atom is -0.450 e. The first-order valence-corrected chi connectivity index (χ1v) is 10.4. The molecule has 3 aromatic rings. The number of ether oxygens (including phenoxy) is 1. The molecule has 0 radical (unpaired) electrons. The summed E-state index contributed by atoms with van der Waals surface area (Å²) in [6, 6.07) is 5.43. The molecule has 1 aliphatic heterocycles. The van der Waals surface area contributed by atoms with Crippen molar-refractivity contribution in [1.29, 1.82) is 0 Å². The molecule has 29 heavy (non-hydrogen) atoms. The first kappa shape index (κ1) is 19.5. The Morgan fingerprint density at radius 2 is 1.97 bits per heavy atom. The van der Waals surface area contributed by atoms with E-state index in [1.807, 2.05) is 19.9 Å². The highest BCUT2D eigenvalue weighted by Crippen LogP contribution is 2.29. The molecule has 3 heterocycles. The van der Waals surface area contributed by atoms with Crippen LogP contribution in [0.3, 0.4) is 0 Å². The highest BCUT2D eigenvalue weighted by molar-refractivity contribution is 7.20. The van der Waals surface area contributed by atoms with Crippen molar-refractivity contribution in [3.05, 3.63) is 61.5 Å². The molecule has 150 valence electrons. The summed E-state index contributed by atoms with van der Waals surface area (Å²) in [7, 11) is 0. The Kier molecular flexibility index (Phi) is 4.86. The van der Waals surface area contributed by atoms with E-state index in [4.69, 9.17) is 4.74 Å². The first-order chi connectivity index (χ1) is 13.8. The number of esters is 1. The second-order valence-electron chi connectivity index (χ2n) is 7.54. The molecule has 1 aromatic carbocycles. The van der Waals surface area contributed by atoms with E-state index in [9.17, 15) is 14.4 Å². The van der Waals surface area contributed by atoms with Gasteiger partial charge in [0.2, 0.25) is 5.78 Å². The maximum atomic E-state index is 12.8. The van der Waals surface area contributed by atoms with Gasteiger partial charge >= 0.3 is 5.97 Å².